The van der Waals surface area contributed by atoms with E-state index in [1.165, 1.54) is 16.7 Å². The minimum absolute atomic E-state index is 0.400. The Hall–Kier alpha value is -2.95. The van der Waals surface area contributed by atoms with Crippen LogP contribution in [0, 0.1) is 0 Å². The molecule has 0 unspecified atom stereocenters. The predicted octanol–water partition coefficient (Wildman–Crippen LogP) is 3.62. The minimum atomic E-state index is -0.833. The van der Waals surface area contributed by atoms with Crippen LogP contribution in [0.1, 0.15) is 23.6 Å². The summed E-state index contributed by atoms with van der Waals surface area (Å²) < 4.78 is 0. The van der Waals surface area contributed by atoms with Crippen molar-refractivity contribution in [2.75, 3.05) is 13.1 Å². The van der Waals surface area contributed by atoms with Crippen molar-refractivity contribution in [3.05, 3.63) is 108 Å². The highest BCUT2D eigenvalue weighted by molar-refractivity contribution is 5.63. The van der Waals surface area contributed by atoms with Crippen molar-refractivity contribution in [2.24, 2.45) is 5.73 Å². The molecule has 4 N–H and O–H groups in total. The maximum Gasteiger partial charge on any atom is 0.300 e. The van der Waals surface area contributed by atoms with E-state index < -0.39 is 11.5 Å². The molecule has 0 heterocycles. The zero-order valence-corrected chi connectivity index (χ0v) is 15.5. The fourth-order valence-corrected chi connectivity index (χ4v) is 3.13. The number of aliphatic carboxylic acids is 1. The number of carboxylic acid groups (broad SMARTS) is 1. The first kappa shape index (κ1) is 20.4. The molecule has 3 aromatic carbocycles. The van der Waals surface area contributed by atoms with Crippen molar-refractivity contribution in [1.29, 1.82) is 0 Å². The first-order valence-electron chi connectivity index (χ1n) is 8.92. The number of benzene rings is 3. The lowest BCUT2D eigenvalue weighted by Gasteiger charge is -2.37. The molecule has 0 aliphatic heterocycles. The normalized spacial score (nSPS) is 10.6. The van der Waals surface area contributed by atoms with E-state index in [1.807, 2.05) is 18.2 Å². The molecule has 0 aliphatic rings. The third-order valence-corrected chi connectivity index (χ3v) is 4.15. The van der Waals surface area contributed by atoms with E-state index in [0.29, 0.717) is 6.54 Å². The third-order valence-electron chi connectivity index (χ3n) is 4.15. The fourth-order valence-electron chi connectivity index (χ4n) is 3.13. The van der Waals surface area contributed by atoms with Gasteiger partial charge >= 0.3 is 0 Å². The van der Waals surface area contributed by atoms with Gasteiger partial charge in [0.2, 0.25) is 0 Å². The average molecular weight is 362 g/mol. The number of hydrogen-bond donors (Lipinski definition) is 3. The Bertz CT molecular complexity index is 705. The maximum absolute atomic E-state index is 9.00. The molecule has 140 valence electrons. The first-order chi connectivity index (χ1) is 13.1. The summed E-state index contributed by atoms with van der Waals surface area (Å²) in [5, 5.41) is 11.1. The molecule has 0 amide bonds. The van der Waals surface area contributed by atoms with Crippen LogP contribution in [0.4, 0.5) is 0 Å². The molecule has 0 saturated heterocycles. The Morgan fingerprint density at radius 1 is 0.815 bits per heavy atom. The Balaban J connectivity index is 0.000000596. The maximum atomic E-state index is 9.00. The molecule has 0 bridgehead atoms. The molecule has 0 spiro atoms. The van der Waals surface area contributed by atoms with Crippen LogP contribution in [-0.2, 0) is 10.3 Å². The first-order valence-corrected chi connectivity index (χ1v) is 8.92. The molecular formula is C23H26N2O2. The van der Waals surface area contributed by atoms with Crippen molar-refractivity contribution in [2.45, 2.75) is 12.5 Å². The lowest BCUT2D eigenvalue weighted by atomic mass is 9.77. The van der Waals surface area contributed by atoms with Crippen LogP contribution in [0.25, 0.3) is 0 Å². The molecule has 0 fully saturated rings. The standard InChI is InChI=1S/C21H22N2.C2H4O2/c22-16-17-23-21(18-10-4-1-5-11-18,19-12-6-2-7-13-19)20-14-8-3-9-15-20;1-2(3)4/h1-15,23H,16-17,22H2;1H3,(H,3,4). The van der Waals surface area contributed by atoms with Gasteiger partial charge in [0.05, 0.1) is 5.54 Å². The van der Waals surface area contributed by atoms with Crippen LogP contribution in [0.2, 0.25) is 0 Å². The van der Waals surface area contributed by atoms with E-state index in [2.05, 4.69) is 78.1 Å². The summed E-state index contributed by atoms with van der Waals surface area (Å²) in [5.74, 6) is -0.833. The number of nitrogens with two attached hydrogens (primary N) is 1. The zero-order chi connectivity index (χ0) is 19.5. The van der Waals surface area contributed by atoms with Crippen LogP contribution in [-0.4, -0.2) is 24.2 Å². The van der Waals surface area contributed by atoms with Gasteiger partial charge in [-0.25, -0.2) is 0 Å². The van der Waals surface area contributed by atoms with Crippen molar-refractivity contribution >= 4 is 5.97 Å². The Morgan fingerprint density at radius 3 is 1.37 bits per heavy atom. The van der Waals surface area contributed by atoms with Crippen LogP contribution in [0.5, 0.6) is 0 Å². The Kier molecular flexibility index (Phi) is 7.74. The minimum Gasteiger partial charge on any atom is -0.481 e. The summed E-state index contributed by atoms with van der Waals surface area (Å²) in [4.78, 5) is 9.00. The van der Waals surface area contributed by atoms with Crippen molar-refractivity contribution in [3.63, 3.8) is 0 Å². The number of rotatable bonds is 6. The molecule has 0 radical (unpaired) electrons. The van der Waals surface area contributed by atoms with Crippen LogP contribution in [0.3, 0.4) is 0 Å². The number of hydrogen-bond acceptors (Lipinski definition) is 3. The molecule has 4 nitrogen and oxygen atoms in total. The summed E-state index contributed by atoms with van der Waals surface area (Å²) in [5.41, 5.74) is 9.05. The van der Waals surface area contributed by atoms with Gasteiger partial charge in [0.25, 0.3) is 5.97 Å². The molecule has 0 atom stereocenters. The van der Waals surface area contributed by atoms with Gasteiger partial charge in [0.15, 0.2) is 0 Å². The van der Waals surface area contributed by atoms with Crippen LogP contribution < -0.4 is 11.1 Å². The molecule has 3 rings (SSSR count). The predicted molar refractivity (Wildman–Crippen MR) is 110 cm³/mol. The van der Waals surface area contributed by atoms with E-state index in [9.17, 15) is 0 Å². The molecule has 27 heavy (non-hydrogen) atoms. The molecule has 0 aromatic heterocycles. The molecule has 3 aromatic rings. The highest BCUT2D eigenvalue weighted by Gasteiger charge is 2.35. The summed E-state index contributed by atoms with van der Waals surface area (Å²) in [6.45, 7) is 2.41. The molecule has 4 heteroatoms. The van der Waals surface area contributed by atoms with E-state index >= 15 is 0 Å². The summed E-state index contributed by atoms with van der Waals surface area (Å²) >= 11 is 0. The Labute approximate surface area is 160 Å². The van der Waals surface area contributed by atoms with E-state index in [0.717, 1.165) is 13.5 Å². The fraction of sp³-hybridized carbons (Fsp3) is 0.174. The number of carboxylic acids is 1. The second-order valence-corrected chi connectivity index (χ2v) is 6.08. The van der Waals surface area contributed by atoms with Gasteiger partial charge in [-0.3, -0.25) is 10.1 Å². The largest absolute Gasteiger partial charge is 0.481 e. The van der Waals surface area contributed by atoms with E-state index in [1.54, 1.807) is 0 Å². The second kappa shape index (κ2) is 10.3. The average Bonchev–Trinajstić information content (AvgIpc) is 2.71. The van der Waals surface area contributed by atoms with Crippen molar-refractivity contribution < 1.29 is 9.90 Å². The SMILES string of the molecule is CC(=O)O.NCCNC(c1ccccc1)(c1ccccc1)c1ccccc1. The Morgan fingerprint density at radius 2 is 1.11 bits per heavy atom. The van der Waals surface area contributed by atoms with Gasteiger partial charge < -0.3 is 10.8 Å². The quantitative estimate of drug-likeness (QED) is 0.586. The van der Waals surface area contributed by atoms with Crippen LogP contribution in [0.15, 0.2) is 91.0 Å². The van der Waals surface area contributed by atoms with Gasteiger partial charge in [-0.05, 0) is 16.7 Å². The molecule has 0 aliphatic carbocycles. The number of nitrogens with one attached hydrogen (secondary N) is 1. The van der Waals surface area contributed by atoms with Gasteiger partial charge in [-0.1, -0.05) is 91.0 Å². The molecular weight excluding hydrogens is 336 g/mol. The van der Waals surface area contributed by atoms with Gasteiger partial charge in [-0.15, -0.1) is 0 Å². The number of carbonyl (C=O) groups is 1. The third kappa shape index (κ3) is 5.26. The van der Waals surface area contributed by atoms with Crippen LogP contribution >= 0.6 is 0 Å². The lowest BCUT2D eigenvalue weighted by molar-refractivity contribution is -0.134. The smallest absolute Gasteiger partial charge is 0.300 e. The van der Waals surface area contributed by atoms with Crippen molar-refractivity contribution in [1.82, 2.24) is 5.32 Å². The van der Waals surface area contributed by atoms with E-state index in [4.69, 9.17) is 15.6 Å². The van der Waals surface area contributed by atoms with Gasteiger partial charge in [0.1, 0.15) is 0 Å². The molecule has 0 saturated carbocycles. The van der Waals surface area contributed by atoms with Crippen molar-refractivity contribution in [3.8, 4) is 0 Å². The monoisotopic (exact) mass is 362 g/mol. The summed E-state index contributed by atoms with van der Waals surface area (Å²) in [6.07, 6.45) is 0. The summed E-state index contributed by atoms with van der Waals surface area (Å²) in [7, 11) is 0. The van der Waals surface area contributed by atoms with Gasteiger partial charge in [-0.2, -0.15) is 0 Å². The topological polar surface area (TPSA) is 75.3 Å². The highest BCUT2D eigenvalue weighted by Crippen LogP contribution is 2.36. The zero-order valence-electron chi connectivity index (χ0n) is 15.5. The highest BCUT2D eigenvalue weighted by atomic mass is 16.4. The van der Waals surface area contributed by atoms with Gasteiger partial charge in [0, 0.05) is 20.0 Å². The second-order valence-electron chi connectivity index (χ2n) is 6.08. The van der Waals surface area contributed by atoms with E-state index in [-0.39, 0.29) is 0 Å². The summed E-state index contributed by atoms with van der Waals surface area (Å²) in [6, 6.07) is 31.7. The lowest BCUT2D eigenvalue weighted by Crippen LogP contribution is -2.46.